The predicted octanol–water partition coefficient (Wildman–Crippen LogP) is 2.56. The first-order valence-electron chi connectivity index (χ1n) is 12.5. The Morgan fingerprint density at radius 1 is 0.971 bits per heavy atom. The Labute approximate surface area is 199 Å². The second kappa shape index (κ2) is 8.08. The summed E-state index contributed by atoms with van der Waals surface area (Å²) in [5, 5.41) is 3.14. The molecule has 1 aliphatic carbocycles. The van der Waals surface area contributed by atoms with Gasteiger partial charge in [0.25, 0.3) is 0 Å². The maximum atomic E-state index is 5.83. The molecule has 3 aliphatic heterocycles. The fraction of sp³-hybridized carbons (Fsp3) is 0.462. The molecule has 34 heavy (non-hydrogen) atoms. The smallest absolute Gasteiger partial charge is 0.225 e. The van der Waals surface area contributed by atoms with Crippen LogP contribution in [0.2, 0.25) is 0 Å². The van der Waals surface area contributed by atoms with Crippen molar-refractivity contribution in [2.24, 2.45) is 11.7 Å². The molecule has 3 fully saturated rings. The first kappa shape index (κ1) is 20.4. The summed E-state index contributed by atoms with van der Waals surface area (Å²) in [6, 6.07) is 13.0. The Morgan fingerprint density at radius 3 is 2.59 bits per heavy atom. The Bertz CT molecular complexity index is 1210. The average molecular weight is 458 g/mol. The van der Waals surface area contributed by atoms with E-state index >= 15 is 0 Å². The minimum atomic E-state index is -0.484. The van der Waals surface area contributed by atoms with Gasteiger partial charge in [-0.25, -0.2) is 4.98 Å². The predicted molar refractivity (Wildman–Crippen MR) is 134 cm³/mol. The molecule has 7 rings (SSSR count). The van der Waals surface area contributed by atoms with Crippen LogP contribution in [0.3, 0.4) is 0 Å². The van der Waals surface area contributed by atoms with Gasteiger partial charge < -0.3 is 19.9 Å². The third-order valence-corrected chi connectivity index (χ3v) is 7.72. The molecule has 1 saturated carbocycles. The Kier molecular flexibility index (Phi) is 4.85. The number of fused-ring (bicyclic) bond motifs is 2. The fourth-order valence-corrected chi connectivity index (χ4v) is 5.43. The average Bonchev–Trinajstić information content (AvgIpc) is 3.56. The van der Waals surface area contributed by atoms with Crippen molar-refractivity contribution >= 4 is 22.5 Å². The quantitative estimate of drug-likeness (QED) is 0.605. The van der Waals surface area contributed by atoms with Crippen molar-refractivity contribution in [3.8, 4) is 16.9 Å². The van der Waals surface area contributed by atoms with Crippen molar-refractivity contribution in [1.82, 2.24) is 19.8 Å². The van der Waals surface area contributed by atoms with Gasteiger partial charge in [0, 0.05) is 51.9 Å². The molecular weight excluding hydrogens is 426 g/mol. The number of nitrogens with two attached hydrogens (primary N) is 1. The summed E-state index contributed by atoms with van der Waals surface area (Å²) in [7, 11) is 0. The zero-order valence-corrected chi connectivity index (χ0v) is 19.4. The maximum Gasteiger partial charge on any atom is 0.225 e. The summed E-state index contributed by atoms with van der Waals surface area (Å²) >= 11 is 0. The van der Waals surface area contributed by atoms with Gasteiger partial charge in [-0.1, -0.05) is 12.1 Å². The van der Waals surface area contributed by atoms with Gasteiger partial charge in [-0.2, -0.15) is 0 Å². The van der Waals surface area contributed by atoms with Gasteiger partial charge in [0.1, 0.15) is 11.6 Å². The molecule has 3 aromatic rings. The lowest BCUT2D eigenvalue weighted by Gasteiger charge is -2.48. The number of rotatable bonds is 5. The molecule has 8 nitrogen and oxygen atoms in total. The molecule has 0 bridgehead atoms. The van der Waals surface area contributed by atoms with E-state index in [2.05, 4.69) is 44.3 Å². The molecule has 0 amide bonds. The number of anilines is 2. The molecule has 1 aromatic heterocycles. The van der Waals surface area contributed by atoms with Crippen molar-refractivity contribution in [2.45, 2.75) is 25.2 Å². The summed E-state index contributed by atoms with van der Waals surface area (Å²) in [6.07, 6.45) is 4.33. The normalized spacial score (nSPS) is 23.4. The Morgan fingerprint density at radius 2 is 1.76 bits per heavy atom. The highest BCUT2D eigenvalue weighted by Gasteiger charge is 2.35. The van der Waals surface area contributed by atoms with Crippen LogP contribution in [0.5, 0.6) is 5.75 Å². The summed E-state index contributed by atoms with van der Waals surface area (Å²) in [5.41, 5.74) is 10.8. The van der Waals surface area contributed by atoms with Gasteiger partial charge in [0.15, 0.2) is 0 Å². The molecule has 4 aliphatic rings. The third-order valence-electron chi connectivity index (χ3n) is 7.72. The van der Waals surface area contributed by atoms with Crippen LogP contribution in [0.25, 0.3) is 22.2 Å². The lowest BCUT2D eigenvalue weighted by Crippen LogP contribution is -2.63. The monoisotopic (exact) mass is 457 g/mol. The highest BCUT2D eigenvalue weighted by atomic mass is 16.5. The lowest BCUT2D eigenvalue weighted by atomic mass is 10.0. The van der Waals surface area contributed by atoms with Crippen molar-refractivity contribution in [3.05, 3.63) is 42.6 Å². The van der Waals surface area contributed by atoms with E-state index in [1.165, 1.54) is 45.6 Å². The van der Waals surface area contributed by atoms with Crippen LogP contribution in [0.15, 0.2) is 42.6 Å². The molecule has 176 valence electrons. The third kappa shape index (κ3) is 3.85. The van der Waals surface area contributed by atoms with Crippen LogP contribution in [0.4, 0.5) is 11.5 Å². The molecule has 2 saturated heterocycles. The van der Waals surface area contributed by atoms with E-state index in [1.54, 1.807) is 0 Å². The Balaban J connectivity index is 1.03. The summed E-state index contributed by atoms with van der Waals surface area (Å²) < 4.78 is 5.54. The topological polar surface area (TPSA) is 82.8 Å². The van der Waals surface area contributed by atoms with Crippen molar-refractivity contribution in [1.29, 1.82) is 0 Å². The lowest BCUT2D eigenvalue weighted by molar-refractivity contribution is 0.0807. The highest BCUT2D eigenvalue weighted by molar-refractivity contribution is 5.83. The molecule has 0 radical (unpaired) electrons. The van der Waals surface area contributed by atoms with Gasteiger partial charge >= 0.3 is 0 Å². The second-order valence-corrected chi connectivity index (χ2v) is 10.2. The molecule has 1 unspecified atom stereocenters. The van der Waals surface area contributed by atoms with Crippen LogP contribution < -0.4 is 20.7 Å². The second-order valence-electron chi connectivity index (χ2n) is 10.2. The Hall–Kier alpha value is -2.94. The molecule has 3 N–H and O–H groups in total. The van der Waals surface area contributed by atoms with Crippen LogP contribution in [0.1, 0.15) is 12.8 Å². The number of benzene rings is 2. The zero-order valence-electron chi connectivity index (χ0n) is 19.4. The van der Waals surface area contributed by atoms with Crippen molar-refractivity contribution in [2.75, 3.05) is 56.0 Å². The number of ether oxygens (including phenoxy) is 1. The minimum Gasteiger partial charge on any atom is -0.456 e. The van der Waals surface area contributed by atoms with E-state index in [4.69, 9.17) is 20.4 Å². The van der Waals surface area contributed by atoms with Gasteiger partial charge in [-0.05, 0) is 54.2 Å². The van der Waals surface area contributed by atoms with E-state index in [9.17, 15) is 0 Å². The van der Waals surface area contributed by atoms with E-state index in [1.807, 2.05) is 18.3 Å². The number of hydrogen-bond donors (Lipinski definition) is 2. The van der Waals surface area contributed by atoms with Gasteiger partial charge in [-0.15, -0.1) is 0 Å². The van der Waals surface area contributed by atoms with Crippen molar-refractivity contribution in [3.63, 3.8) is 0 Å². The van der Waals surface area contributed by atoms with E-state index in [0.717, 1.165) is 58.4 Å². The van der Waals surface area contributed by atoms with Crippen LogP contribution in [-0.2, 0) is 0 Å². The van der Waals surface area contributed by atoms with Crippen LogP contribution >= 0.6 is 0 Å². The van der Waals surface area contributed by atoms with E-state index in [0.29, 0.717) is 6.04 Å². The standard InChI is InChI=1S/C26H31N7O/c27-26-30-23-12-19(4-6-24(23)34-26)18-3-5-21-22(11-18)29-25(13-28-21)33-15-20(16-33)32-9-7-31(8-10-32)14-17-1-2-17/h3-6,11-13,17,20,26,30H,1-2,7-10,14-16,27H2. The summed E-state index contributed by atoms with van der Waals surface area (Å²) in [4.78, 5) is 17.4. The molecule has 1 atom stereocenters. The minimum absolute atomic E-state index is 0.484. The van der Waals surface area contributed by atoms with Crippen LogP contribution in [0, 0.1) is 5.92 Å². The zero-order chi connectivity index (χ0) is 22.6. The van der Waals surface area contributed by atoms with Gasteiger partial charge in [-0.3, -0.25) is 15.6 Å². The first-order valence-corrected chi connectivity index (χ1v) is 12.5. The fourth-order valence-electron chi connectivity index (χ4n) is 5.43. The number of piperazine rings is 1. The molecule has 0 spiro atoms. The van der Waals surface area contributed by atoms with Gasteiger partial charge in [0.05, 0.1) is 22.9 Å². The highest BCUT2D eigenvalue weighted by Crippen LogP contribution is 2.35. The number of aromatic nitrogens is 2. The molecular formula is C26H31N7O. The molecule has 8 heteroatoms. The molecule has 4 heterocycles. The number of hydrogen-bond acceptors (Lipinski definition) is 8. The first-order chi connectivity index (χ1) is 16.7. The van der Waals surface area contributed by atoms with Crippen molar-refractivity contribution < 1.29 is 4.74 Å². The maximum absolute atomic E-state index is 5.83. The van der Waals surface area contributed by atoms with Gasteiger partial charge in [0.2, 0.25) is 6.35 Å². The number of nitrogens with zero attached hydrogens (tertiary/aromatic N) is 5. The summed E-state index contributed by atoms with van der Waals surface area (Å²) in [5.74, 6) is 2.75. The van der Waals surface area contributed by atoms with Crippen LogP contribution in [-0.4, -0.2) is 78.0 Å². The van der Waals surface area contributed by atoms with E-state index in [-0.39, 0.29) is 0 Å². The van der Waals surface area contributed by atoms with E-state index < -0.39 is 6.35 Å². The summed E-state index contributed by atoms with van der Waals surface area (Å²) in [6.45, 7) is 8.25. The number of nitrogens with one attached hydrogen (secondary N) is 1. The SMILES string of the molecule is NC1Nc2cc(-c3ccc4ncc(N5CC(N6CCN(CC7CC7)CC6)C5)nc4c3)ccc2O1. The largest absolute Gasteiger partial charge is 0.456 e. The molecule has 2 aromatic carbocycles.